The average molecular weight is 264 g/mol. The molecule has 5 nitrogen and oxygen atoms in total. The van der Waals surface area contributed by atoms with Gasteiger partial charge in [0, 0.05) is 13.0 Å². The number of nitrogens with two attached hydrogens (primary N) is 2. The van der Waals surface area contributed by atoms with Gasteiger partial charge in [0.05, 0.1) is 44.8 Å². The number of nitrogen functional groups attached to an aromatic ring is 2. The van der Waals surface area contributed by atoms with E-state index in [4.69, 9.17) is 11.5 Å². The summed E-state index contributed by atoms with van der Waals surface area (Å²) >= 11 is 0. The summed E-state index contributed by atoms with van der Waals surface area (Å²) in [6.45, 7) is 5.43. The third kappa shape index (κ3) is 2.92. The summed E-state index contributed by atoms with van der Waals surface area (Å²) in [5, 5.41) is 0. The smallest absolute Gasteiger partial charge is 0.152 e. The van der Waals surface area contributed by atoms with Gasteiger partial charge in [-0.3, -0.25) is 0 Å². The predicted molar refractivity (Wildman–Crippen MR) is 80.9 cm³/mol. The van der Waals surface area contributed by atoms with Crippen molar-refractivity contribution in [1.29, 1.82) is 0 Å². The maximum atomic E-state index is 6.05. The fourth-order valence-electron chi connectivity index (χ4n) is 2.73. The maximum absolute atomic E-state index is 6.05. The lowest BCUT2D eigenvalue weighted by atomic mass is 10.0. The normalized spacial score (nSPS) is 20.6. The minimum absolute atomic E-state index is 0.625. The molecule has 0 bridgehead atoms. The van der Waals surface area contributed by atoms with Crippen LogP contribution in [-0.4, -0.2) is 49.2 Å². The second kappa shape index (κ2) is 5.25. The van der Waals surface area contributed by atoms with Gasteiger partial charge < -0.3 is 20.9 Å². The highest BCUT2D eigenvalue weighted by atomic mass is 15.4. The molecule has 1 atom stereocenters. The SMILES string of the molecule is CC[N+](C)(C)C1CCCN(c2ncc(N)cc2N)C1. The Bertz CT molecular complexity index is 443. The molecule has 1 aliphatic heterocycles. The van der Waals surface area contributed by atoms with Gasteiger partial charge in [0.2, 0.25) is 0 Å². The number of piperidine rings is 1. The first-order chi connectivity index (χ1) is 8.94. The molecule has 0 radical (unpaired) electrons. The average Bonchev–Trinajstić information content (AvgIpc) is 2.39. The van der Waals surface area contributed by atoms with Gasteiger partial charge in [-0.25, -0.2) is 4.98 Å². The zero-order chi connectivity index (χ0) is 14.0. The molecular formula is C14H26N5+. The molecule has 1 fully saturated rings. The van der Waals surface area contributed by atoms with Crippen LogP contribution in [0.5, 0.6) is 0 Å². The first kappa shape index (κ1) is 13.9. The van der Waals surface area contributed by atoms with E-state index in [0.717, 1.165) is 29.9 Å². The van der Waals surface area contributed by atoms with E-state index in [1.165, 1.54) is 12.8 Å². The molecule has 0 aromatic carbocycles. The Labute approximate surface area is 115 Å². The highest BCUT2D eigenvalue weighted by Gasteiger charge is 2.32. The molecule has 106 valence electrons. The van der Waals surface area contributed by atoms with Crippen LogP contribution in [0.4, 0.5) is 17.2 Å². The highest BCUT2D eigenvalue weighted by Crippen LogP contribution is 2.27. The standard InChI is InChI=1S/C14H26N5/c1-4-19(2,3)12-6-5-7-18(10-12)14-13(16)8-11(15)9-17-14/h8-9,12H,4-7,10,15-16H2,1-3H3/q+1. The van der Waals surface area contributed by atoms with E-state index in [1.807, 2.05) is 0 Å². The molecule has 0 saturated carbocycles. The largest absolute Gasteiger partial charge is 0.397 e. The van der Waals surface area contributed by atoms with E-state index in [0.29, 0.717) is 17.4 Å². The number of likely N-dealkylation sites (N-methyl/N-ethyl adjacent to an activating group) is 1. The Hall–Kier alpha value is -1.49. The van der Waals surface area contributed by atoms with Gasteiger partial charge in [-0.2, -0.15) is 0 Å². The number of pyridine rings is 1. The van der Waals surface area contributed by atoms with Crippen LogP contribution in [0, 0.1) is 0 Å². The monoisotopic (exact) mass is 264 g/mol. The van der Waals surface area contributed by atoms with E-state index >= 15 is 0 Å². The minimum atomic E-state index is 0.625. The van der Waals surface area contributed by atoms with Crippen molar-refractivity contribution < 1.29 is 4.48 Å². The molecule has 1 aromatic heterocycles. The van der Waals surface area contributed by atoms with Crippen molar-refractivity contribution in [3.8, 4) is 0 Å². The van der Waals surface area contributed by atoms with Crippen molar-refractivity contribution >= 4 is 17.2 Å². The number of hydrogen-bond donors (Lipinski definition) is 2. The van der Waals surface area contributed by atoms with Crippen LogP contribution in [0.25, 0.3) is 0 Å². The van der Waals surface area contributed by atoms with Crippen molar-refractivity contribution in [2.75, 3.05) is 50.1 Å². The van der Waals surface area contributed by atoms with Gasteiger partial charge in [-0.05, 0) is 19.4 Å². The predicted octanol–water partition coefficient (Wildman–Crippen LogP) is 1.31. The molecule has 0 spiro atoms. The van der Waals surface area contributed by atoms with E-state index in [1.54, 1.807) is 12.3 Å². The summed E-state index contributed by atoms with van der Waals surface area (Å²) in [6, 6.07) is 2.43. The minimum Gasteiger partial charge on any atom is -0.397 e. The van der Waals surface area contributed by atoms with Crippen molar-refractivity contribution in [2.45, 2.75) is 25.8 Å². The third-order valence-electron chi connectivity index (χ3n) is 4.42. The molecule has 5 heteroatoms. The lowest BCUT2D eigenvalue weighted by Gasteiger charge is -2.43. The van der Waals surface area contributed by atoms with E-state index in [2.05, 4.69) is 30.9 Å². The van der Waals surface area contributed by atoms with E-state index in [9.17, 15) is 0 Å². The number of aromatic nitrogens is 1. The molecule has 1 aliphatic rings. The summed E-state index contributed by atoms with van der Waals surface area (Å²) in [6.07, 6.45) is 4.15. The topological polar surface area (TPSA) is 68.2 Å². The molecule has 2 heterocycles. The van der Waals surface area contributed by atoms with Gasteiger partial charge in [-0.15, -0.1) is 0 Å². The second-order valence-corrected chi connectivity index (χ2v) is 6.02. The number of quaternary nitrogens is 1. The Morgan fingerprint density at radius 3 is 2.79 bits per heavy atom. The van der Waals surface area contributed by atoms with Crippen molar-refractivity contribution in [3.05, 3.63) is 12.3 Å². The lowest BCUT2D eigenvalue weighted by molar-refractivity contribution is -0.912. The zero-order valence-electron chi connectivity index (χ0n) is 12.3. The summed E-state index contributed by atoms with van der Waals surface area (Å²) < 4.78 is 1.05. The van der Waals surface area contributed by atoms with E-state index < -0.39 is 0 Å². The Morgan fingerprint density at radius 2 is 2.16 bits per heavy atom. The molecular weight excluding hydrogens is 238 g/mol. The summed E-state index contributed by atoms with van der Waals surface area (Å²) in [4.78, 5) is 6.72. The zero-order valence-corrected chi connectivity index (χ0v) is 12.3. The van der Waals surface area contributed by atoms with Gasteiger partial charge in [0.1, 0.15) is 6.04 Å². The fraction of sp³-hybridized carbons (Fsp3) is 0.643. The molecule has 2 rings (SSSR count). The van der Waals surface area contributed by atoms with Crippen LogP contribution in [0.15, 0.2) is 12.3 Å². The molecule has 4 N–H and O–H groups in total. The van der Waals surface area contributed by atoms with Gasteiger partial charge in [-0.1, -0.05) is 0 Å². The summed E-state index contributed by atoms with van der Waals surface area (Å²) in [5.74, 6) is 0.884. The van der Waals surface area contributed by atoms with Crippen LogP contribution in [0.1, 0.15) is 19.8 Å². The summed E-state index contributed by atoms with van der Waals surface area (Å²) in [5.41, 5.74) is 13.1. The molecule has 0 aliphatic carbocycles. The van der Waals surface area contributed by atoms with Gasteiger partial charge in [0.15, 0.2) is 5.82 Å². The van der Waals surface area contributed by atoms with Gasteiger partial charge in [0.25, 0.3) is 0 Å². The van der Waals surface area contributed by atoms with Crippen LogP contribution in [0.3, 0.4) is 0 Å². The van der Waals surface area contributed by atoms with Crippen LogP contribution >= 0.6 is 0 Å². The lowest BCUT2D eigenvalue weighted by Crippen LogP contribution is -2.56. The molecule has 1 aromatic rings. The highest BCUT2D eigenvalue weighted by molar-refractivity contribution is 5.67. The Morgan fingerprint density at radius 1 is 1.42 bits per heavy atom. The number of rotatable bonds is 3. The second-order valence-electron chi connectivity index (χ2n) is 6.02. The summed E-state index contributed by atoms with van der Waals surface area (Å²) in [7, 11) is 4.60. The van der Waals surface area contributed by atoms with Crippen molar-refractivity contribution in [3.63, 3.8) is 0 Å². The number of nitrogens with zero attached hydrogens (tertiary/aromatic N) is 3. The number of anilines is 3. The molecule has 1 saturated heterocycles. The first-order valence-corrected chi connectivity index (χ1v) is 7.02. The molecule has 0 amide bonds. The first-order valence-electron chi connectivity index (χ1n) is 7.02. The maximum Gasteiger partial charge on any atom is 0.152 e. The van der Waals surface area contributed by atoms with Gasteiger partial charge >= 0.3 is 0 Å². The molecule has 1 unspecified atom stereocenters. The fourth-order valence-corrected chi connectivity index (χ4v) is 2.73. The number of hydrogen-bond acceptors (Lipinski definition) is 4. The Kier molecular flexibility index (Phi) is 3.85. The van der Waals surface area contributed by atoms with E-state index in [-0.39, 0.29) is 0 Å². The van der Waals surface area contributed by atoms with Crippen LogP contribution in [-0.2, 0) is 0 Å². The third-order valence-corrected chi connectivity index (χ3v) is 4.42. The van der Waals surface area contributed by atoms with Crippen molar-refractivity contribution in [2.24, 2.45) is 0 Å². The quantitative estimate of drug-likeness (QED) is 0.808. The van der Waals surface area contributed by atoms with Crippen LogP contribution < -0.4 is 16.4 Å². The van der Waals surface area contributed by atoms with Crippen LogP contribution in [0.2, 0.25) is 0 Å². The Balaban J connectivity index is 2.17. The molecule has 19 heavy (non-hydrogen) atoms. The van der Waals surface area contributed by atoms with Crippen molar-refractivity contribution in [1.82, 2.24) is 4.98 Å².